The second kappa shape index (κ2) is 5.77. The zero-order valence-electron chi connectivity index (χ0n) is 10.2. The molecule has 4 N–H and O–H groups in total. The van der Waals surface area contributed by atoms with Gasteiger partial charge in [-0.2, -0.15) is 0 Å². The van der Waals surface area contributed by atoms with Crippen LogP contribution in [0, 0.1) is 0 Å². The van der Waals surface area contributed by atoms with E-state index >= 15 is 0 Å². The van der Waals surface area contributed by atoms with E-state index in [2.05, 4.69) is 15.7 Å². The Bertz CT molecular complexity index is 499. The molecule has 0 bridgehead atoms. The Morgan fingerprint density at radius 1 is 1.37 bits per heavy atom. The number of hydrogen-bond acceptors (Lipinski definition) is 5. The minimum atomic E-state index is -2.61. The number of methoxy groups -OCH3 is 1. The Morgan fingerprint density at radius 2 is 2.05 bits per heavy atom. The summed E-state index contributed by atoms with van der Waals surface area (Å²) in [6, 6.07) is 6.97. The van der Waals surface area contributed by atoms with Crippen molar-refractivity contribution in [3.05, 3.63) is 41.6 Å². The van der Waals surface area contributed by atoms with Crippen molar-refractivity contribution < 1.29 is 13.5 Å². The second-order valence-electron chi connectivity index (χ2n) is 3.86. The van der Waals surface area contributed by atoms with Crippen LogP contribution in [0.3, 0.4) is 0 Å². The van der Waals surface area contributed by atoms with E-state index in [9.17, 15) is 8.78 Å². The highest BCUT2D eigenvalue weighted by Crippen LogP contribution is 2.17. The van der Waals surface area contributed by atoms with Crippen molar-refractivity contribution in [2.45, 2.75) is 12.7 Å². The molecule has 1 aliphatic rings. The van der Waals surface area contributed by atoms with E-state index in [1.807, 2.05) is 0 Å². The number of benzene rings is 1. The third-order valence-electron chi connectivity index (χ3n) is 2.64. The fraction of sp³-hybridized carbons (Fsp3) is 0.250. The van der Waals surface area contributed by atoms with Crippen molar-refractivity contribution in [1.82, 2.24) is 10.7 Å². The number of ether oxygens (including phenoxy) is 1. The first-order chi connectivity index (χ1) is 9.13. The SMILES string of the molecule is COc1ccc(C2=NC(NN)NC(C(F)F)=C2)cc1. The summed E-state index contributed by atoms with van der Waals surface area (Å²) >= 11 is 0. The van der Waals surface area contributed by atoms with E-state index in [-0.39, 0.29) is 5.70 Å². The van der Waals surface area contributed by atoms with Crippen molar-refractivity contribution in [2.24, 2.45) is 10.8 Å². The van der Waals surface area contributed by atoms with Crippen LogP contribution in [0.25, 0.3) is 0 Å². The van der Waals surface area contributed by atoms with Crippen LogP contribution in [-0.2, 0) is 0 Å². The number of nitrogens with zero attached hydrogens (tertiary/aromatic N) is 1. The number of rotatable bonds is 4. The van der Waals surface area contributed by atoms with Crippen molar-refractivity contribution in [1.29, 1.82) is 0 Å². The molecule has 1 aromatic rings. The largest absolute Gasteiger partial charge is 0.497 e. The molecule has 19 heavy (non-hydrogen) atoms. The molecule has 0 spiro atoms. The quantitative estimate of drug-likeness (QED) is 0.562. The summed E-state index contributed by atoms with van der Waals surface area (Å²) in [7, 11) is 1.56. The van der Waals surface area contributed by atoms with Gasteiger partial charge in [0, 0.05) is 5.56 Å². The number of alkyl halides is 2. The van der Waals surface area contributed by atoms with Crippen LogP contribution in [-0.4, -0.2) is 25.5 Å². The van der Waals surface area contributed by atoms with Gasteiger partial charge in [-0.05, 0) is 30.3 Å². The van der Waals surface area contributed by atoms with Gasteiger partial charge in [0.1, 0.15) is 5.75 Å². The third kappa shape index (κ3) is 3.07. The standard InChI is InChI=1S/C12H14F2N4O/c1-19-8-4-2-7(3-5-8)9-6-10(11(13)14)17-12(16-9)18-15/h2-6,11-12,17-18H,15H2,1H3. The van der Waals surface area contributed by atoms with Gasteiger partial charge in [-0.25, -0.2) is 19.2 Å². The Hall–Kier alpha value is -1.99. The fourth-order valence-electron chi connectivity index (χ4n) is 1.68. The molecule has 0 radical (unpaired) electrons. The van der Waals surface area contributed by atoms with Crippen LogP contribution in [0.4, 0.5) is 8.78 Å². The maximum absolute atomic E-state index is 12.8. The number of hydrogen-bond donors (Lipinski definition) is 3. The smallest absolute Gasteiger partial charge is 0.278 e. The lowest BCUT2D eigenvalue weighted by molar-refractivity contribution is 0.174. The van der Waals surface area contributed by atoms with Crippen molar-refractivity contribution in [3.63, 3.8) is 0 Å². The fourth-order valence-corrected chi connectivity index (χ4v) is 1.68. The predicted molar refractivity (Wildman–Crippen MR) is 67.9 cm³/mol. The summed E-state index contributed by atoms with van der Waals surface area (Å²) in [5.41, 5.74) is 3.23. The maximum atomic E-state index is 12.8. The monoisotopic (exact) mass is 268 g/mol. The molecule has 0 amide bonds. The minimum absolute atomic E-state index is 0.219. The molecule has 1 unspecified atom stereocenters. The highest BCUT2D eigenvalue weighted by atomic mass is 19.3. The van der Waals surface area contributed by atoms with E-state index < -0.39 is 12.7 Å². The Balaban J connectivity index is 2.31. The van der Waals surface area contributed by atoms with Gasteiger partial charge in [0.25, 0.3) is 6.43 Å². The molecular formula is C12H14F2N4O. The van der Waals surface area contributed by atoms with Crippen molar-refractivity contribution in [3.8, 4) is 5.75 Å². The molecule has 102 valence electrons. The molecule has 2 rings (SSSR count). The van der Waals surface area contributed by atoms with Crippen LogP contribution >= 0.6 is 0 Å². The van der Waals surface area contributed by atoms with Crippen molar-refractivity contribution >= 4 is 5.71 Å². The van der Waals surface area contributed by atoms with Crippen LogP contribution in [0.1, 0.15) is 5.56 Å². The highest BCUT2D eigenvalue weighted by Gasteiger charge is 2.21. The molecule has 1 aromatic carbocycles. The Labute approximate surface area is 109 Å². The number of allylic oxidation sites excluding steroid dienone is 2. The summed E-state index contributed by atoms with van der Waals surface area (Å²) in [6.07, 6.45) is -2.08. The van der Waals surface area contributed by atoms with Gasteiger partial charge in [0.15, 0.2) is 6.29 Å². The van der Waals surface area contributed by atoms with Gasteiger partial charge >= 0.3 is 0 Å². The number of nitrogens with two attached hydrogens (primary N) is 1. The van der Waals surface area contributed by atoms with E-state index in [1.54, 1.807) is 31.4 Å². The lowest BCUT2D eigenvalue weighted by Gasteiger charge is -2.22. The first kappa shape index (κ1) is 13.4. The molecule has 1 heterocycles. The number of halogens is 2. The average molecular weight is 268 g/mol. The summed E-state index contributed by atoms with van der Waals surface area (Å²) in [5.74, 6) is 5.92. The summed E-state index contributed by atoms with van der Waals surface area (Å²) in [4.78, 5) is 4.18. The van der Waals surface area contributed by atoms with Crippen LogP contribution in [0.2, 0.25) is 0 Å². The minimum Gasteiger partial charge on any atom is -0.497 e. The molecule has 5 nitrogen and oxygen atoms in total. The number of hydrazine groups is 1. The second-order valence-corrected chi connectivity index (χ2v) is 3.86. The molecule has 0 aromatic heterocycles. The van der Waals surface area contributed by atoms with E-state index in [0.717, 1.165) is 0 Å². The molecule has 1 aliphatic heterocycles. The predicted octanol–water partition coefficient (Wildman–Crippen LogP) is 0.983. The normalized spacial score (nSPS) is 18.7. The van der Waals surface area contributed by atoms with Crippen LogP contribution in [0.15, 0.2) is 41.0 Å². The molecular weight excluding hydrogens is 254 g/mol. The zero-order chi connectivity index (χ0) is 13.8. The lowest BCUT2D eigenvalue weighted by atomic mass is 10.1. The zero-order valence-corrected chi connectivity index (χ0v) is 10.2. The van der Waals surface area contributed by atoms with Crippen molar-refractivity contribution in [2.75, 3.05) is 7.11 Å². The average Bonchev–Trinajstić information content (AvgIpc) is 2.46. The summed E-state index contributed by atoms with van der Waals surface area (Å²) in [6.45, 7) is 0. The molecule has 0 fully saturated rings. The summed E-state index contributed by atoms with van der Waals surface area (Å²) < 4.78 is 30.6. The third-order valence-corrected chi connectivity index (χ3v) is 2.64. The van der Waals surface area contributed by atoms with Gasteiger partial charge in [-0.1, -0.05) is 0 Å². The van der Waals surface area contributed by atoms with Gasteiger partial charge in [-0.15, -0.1) is 0 Å². The maximum Gasteiger partial charge on any atom is 0.278 e. The van der Waals surface area contributed by atoms with E-state index in [1.165, 1.54) is 6.08 Å². The topological polar surface area (TPSA) is 71.7 Å². The Morgan fingerprint density at radius 3 is 2.58 bits per heavy atom. The van der Waals surface area contributed by atoms with Crippen LogP contribution < -0.4 is 21.3 Å². The first-order valence-electron chi connectivity index (χ1n) is 5.58. The number of nitrogens with one attached hydrogen (secondary N) is 2. The van der Waals surface area contributed by atoms with Gasteiger partial charge in [0.05, 0.1) is 18.5 Å². The first-order valence-corrected chi connectivity index (χ1v) is 5.58. The molecule has 0 aliphatic carbocycles. The van der Waals surface area contributed by atoms with E-state index in [0.29, 0.717) is 17.0 Å². The molecule has 7 heteroatoms. The molecule has 0 saturated carbocycles. The lowest BCUT2D eigenvalue weighted by Crippen LogP contribution is -2.47. The van der Waals surface area contributed by atoms with Gasteiger partial charge in [-0.3, -0.25) is 5.84 Å². The van der Waals surface area contributed by atoms with E-state index in [4.69, 9.17) is 10.6 Å². The Kier molecular flexibility index (Phi) is 4.08. The number of aliphatic imine (C=N–C) groups is 1. The van der Waals surface area contributed by atoms with Crippen LogP contribution in [0.5, 0.6) is 5.75 Å². The highest BCUT2D eigenvalue weighted by molar-refractivity contribution is 6.09. The van der Waals surface area contributed by atoms with Gasteiger partial charge < -0.3 is 10.1 Å². The van der Waals surface area contributed by atoms with Gasteiger partial charge in [0.2, 0.25) is 0 Å². The molecule has 1 atom stereocenters. The molecule has 0 saturated heterocycles. The summed E-state index contributed by atoms with van der Waals surface area (Å²) in [5, 5.41) is 2.49.